The first kappa shape index (κ1) is 10.7. The molecular formula is C11H15ClN2O. The Labute approximate surface area is 94.8 Å². The highest BCUT2D eigenvalue weighted by molar-refractivity contribution is 6.21. The monoisotopic (exact) mass is 226 g/mol. The van der Waals surface area contributed by atoms with E-state index in [4.69, 9.17) is 16.3 Å². The molecule has 4 heteroatoms. The predicted octanol–water partition coefficient (Wildman–Crippen LogP) is 2.61. The van der Waals surface area contributed by atoms with Crippen LogP contribution in [0.15, 0.2) is 12.4 Å². The first-order valence-corrected chi connectivity index (χ1v) is 5.66. The predicted molar refractivity (Wildman–Crippen MR) is 59.4 cm³/mol. The van der Waals surface area contributed by atoms with Crippen LogP contribution in [0.4, 0.5) is 0 Å². The summed E-state index contributed by atoms with van der Waals surface area (Å²) >= 11 is 6.21. The van der Waals surface area contributed by atoms with E-state index in [9.17, 15) is 0 Å². The molecule has 1 saturated carbocycles. The quantitative estimate of drug-likeness (QED) is 0.728. The van der Waals surface area contributed by atoms with Gasteiger partial charge in [0.2, 0.25) is 5.88 Å². The van der Waals surface area contributed by atoms with Crippen LogP contribution in [0, 0.1) is 5.92 Å². The van der Waals surface area contributed by atoms with Gasteiger partial charge in [0.15, 0.2) is 0 Å². The smallest absolute Gasteiger partial charge is 0.235 e. The number of hydrogen-bond donors (Lipinski definition) is 0. The summed E-state index contributed by atoms with van der Waals surface area (Å²) in [6.45, 7) is 2.17. The van der Waals surface area contributed by atoms with Crippen LogP contribution < -0.4 is 4.74 Å². The normalized spacial score (nSPS) is 30.5. The molecule has 1 heterocycles. The number of methoxy groups -OCH3 is 1. The van der Waals surface area contributed by atoms with Gasteiger partial charge in [0.25, 0.3) is 0 Å². The van der Waals surface area contributed by atoms with Gasteiger partial charge >= 0.3 is 0 Å². The second-order valence-electron chi connectivity index (χ2n) is 4.01. The topological polar surface area (TPSA) is 35.0 Å². The van der Waals surface area contributed by atoms with Crippen molar-refractivity contribution in [3.63, 3.8) is 0 Å². The number of nitrogens with zero attached hydrogens (tertiary/aromatic N) is 2. The Kier molecular flexibility index (Phi) is 3.10. The van der Waals surface area contributed by atoms with Crippen molar-refractivity contribution < 1.29 is 4.74 Å². The van der Waals surface area contributed by atoms with Crippen LogP contribution in [0.1, 0.15) is 31.4 Å². The second-order valence-corrected chi connectivity index (χ2v) is 4.57. The Balaban J connectivity index is 2.29. The summed E-state index contributed by atoms with van der Waals surface area (Å²) in [6.07, 6.45) is 5.49. The van der Waals surface area contributed by atoms with Crippen molar-refractivity contribution in [1.82, 2.24) is 9.97 Å². The molecule has 3 nitrogen and oxygen atoms in total. The van der Waals surface area contributed by atoms with Gasteiger partial charge in [-0.25, -0.2) is 4.98 Å². The summed E-state index contributed by atoms with van der Waals surface area (Å²) in [6, 6.07) is 0. The molecule has 1 aromatic rings. The van der Waals surface area contributed by atoms with E-state index in [0.717, 1.165) is 18.5 Å². The second kappa shape index (κ2) is 4.35. The lowest BCUT2D eigenvalue weighted by atomic mass is 9.94. The first-order valence-electron chi connectivity index (χ1n) is 5.23. The van der Waals surface area contributed by atoms with Crippen molar-refractivity contribution in [3.05, 3.63) is 18.1 Å². The Hall–Kier alpha value is -0.830. The molecule has 82 valence electrons. The van der Waals surface area contributed by atoms with E-state index in [-0.39, 0.29) is 5.38 Å². The molecule has 3 atom stereocenters. The summed E-state index contributed by atoms with van der Waals surface area (Å²) in [5.41, 5.74) is 0.954. The van der Waals surface area contributed by atoms with Gasteiger partial charge in [0.05, 0.1) is 7.11 Å². The maximum absolute atomic E-state index is 6.21. The van der Waals surface area contributed by atoms with E-state index < -0.39 is 0 Å². The van der Waals surface area contributed by atoms with Gasteiger partial charge in [0.1, 0.15) is 5.69 Å². The summed E-state index contributed by atoms with van der Waals surface area (Å²) in [7, 11) is 1.63. The molecule has 0 saturated heterocycles. The van der Waals surface area contributed by atoms with Crippen LogP contribution in [-0.2, 0) is 0 Å². The van der Waals surface area contributed by atoms with Crippen molar-refractivity contribution in [2.75, 3.05) is 7.11 Å². The first-order chi connectivity index (χ1) is 7.24. The SMILES string of the molecule is COc1nccnc1C1CCC(Cl)C1C. The fourth-order valence-corrected chi connectivity index (χ4v) is 2.55. The molecule has 0 spiro atoms. The molecule has 1 fully saturated rings. The highest BCUT2D eigenvalue weighted by atomic mass is 35.5. The molecule has 0 bridgehead atoms. The molecule has 2 rings (SSSR count). The average molecular weight is 227 g/mol. The molecule has 1 aliphatic rings. The third-order valence-corrected chi connectivity index (χ3v) is 3.81. The Morgan fingerprint density at radius 2 is 2.07 bits per heavy atom. The third kappa shape index (κ3) is 1.93. The van der Waals surface area contributed by atoms with Crippen LogP contribution in [0.5, 0.6) is 5.88 Å². The van der Waals surface area contributed by atoms with Crippen LogP contribution in [0.2, 0.25) is 0 Å². The molecular weight excluding hydrogens is 212 g/mol. The Morgan fingerprint density at radius 3 is 2.67 bits per heavy atom. The van der Waals surface area contributed by atoms with Crippen LogP contribution in [0.3, 0.4) is 0 Å². The van der Waals surface area contributed by atoms with Gasteiger partial charge in [-0.3, -0.25) is 4.98 Å². The molecule has 1 aliphatic carbocycles. The van der Waals surface area contributed by atoms with Gasteiger partial charge < -0.3 is 4.74 Å². The maximum atomic E-state index is 6.21. The zero-order valence-electron chi connectivity index (χ0n) is 8.98. The zero-order valence-corrected chi connectivity index (χ0v) is 9.74. The Bertz CT molecular complexity index is 345. The van der Waals surface area contributed by atoms with E-state index in [0.29, 0.717) is 17.7 Å². The van der Waals surface area contributed by atoms with E-state index in [1.54, 1.807) is 19.5 Å². The number of halogens is 1. The minimum absolute atomic E-state index is 0.252. The van der Waals surface area contributed by atoms with Crippen LogP contribution >= 0.6 is 11.6 Å². The number of aromatic nitrogens is 2. The fraction of sp³-hybridized carbons (Fsp3) is 0.636. The standard InChI is InChI=1S/C11H15ClN2O/c1-7-8(3-4-9(7)12)10-11(15-2)14-6-5-13-10/h5-9H,3-4H2,1-2H3. The van der Waals surface area contributed by atoms with Crippen molar-refractivity contribution in [2.24, 2.45) is 5.92 Å². The average Bonchev–Trinajstić information content (AvgIpc) is 2.60. The lowest BCUT2D eigenvalue weighted by molar-refractivity contribution is 0.377. The van der Waals surface area contributed by atoms with Gasteiger partial charge in [-0.05, 0) is 18.8 Å². The molecule has 0 aromatic carbocycles. The number of ether oxygens (including phenoxy) is 1. The minimum atomic E-state index is 0.252. The van der Waals surface area contributed by atoms with Crippen molar-refractivity contribution in [2.45, 2.75) is 31.1 Å². The van der Waals surface area contributed by atoms with Crippen molar-refractivity contribution >= 4 is 11.6 Å². The van der Waals surface area contributed by atoms with Crippen LogP contribution in [0.25, 0.3) is 0 Å². The van der Waals surface area contributed by atoms with Gasteiger partial charge in [0, 0.05) is 23.7 Å². The Morgan fingerprint density at radius 1 is 1.33 bits per heavy atom. The fourth-order valence-electron chi connectivity index (χ4n) is 2.25. The van der Waals surface area contributed by atoms with E-state index in [1.165, 1.54) is 0 Å². The third-order valence-electron chi connectivity index (χ3n) is 3.19. The summed E-state index contributed by atoms with van der Waals surface area (Å²) in [5.74, 6) is 1.47. The maximum Gasteiger partial charge on any atom is 0.235 e. The lowest BCUT2D eigenvalue weighted by Crippen LogP contribution is -2.12. The molecule has 0 radical (unpaired) electrons. The summed E-state index contributed by atoms with van der Waals surface area (Å²) in [5, 5.41) is 0.252. The molecule has 15 heavy (non-hydrogen) atoms. The van der Waals surface area contributed by atoms with Gasteiger partial charge in [-0.15, -0.1) is 11.6 Å². The molecule has 0 amide bonds. The minimum Gasteiger partial charge on any atom is -0.480 e. The van der Waals surface area contributed by atoms with Crippen molar-refractivity contribution in [3.8, 4) is 5.88 Å². The van der Waals surface area contributed by atoms with Gasteiger partial charge in [-0.2, -0.15) is 0 Å². The van der Waals surface area contributed by atoms with E-state index in [1.807, 2.05) is 0 Å². The molecule has 3 unspecified atom stereocenters. The van der Waals surface area contributed by atoms with E-state index >= 15 is 0 Å². The summed E-state index contributed by atoms with van der Waals surface area (Å²) in [4.78, 5) is 8.54. The largest absolute Gasteiger partial charge is 0.480 e. The van der Waals surface area contributed by atoms with Crippen molar-refractivity contribution in [1.29, 1.82) is 0 Å². The molecule has 0 aliphatic heterocycles. The highest BCUT2D eigenvalue weighted by Crippen LogP contribution is 2.43. The molecule has 0 N–H and O–H groups in total. The highest BCUT2D eigenvalue weighted by Gasteiger charge is 2.35. The number of hydrogen-bond acceptors (Lipinski definition) is 3. The van der Waals surface area contributed by atoms with E-state index in [2.05, 4.69) is 16.9 Å². The zero-order chi connectivity index (χ0) is 10.8. The number of alkyl halides is 1. The summed E-state index contributed by atoms with van der Waals surface area (Å²) < 4.78 is 5.22. The number of rotatable bonds is 2. The van der Waals surface area contributed by atoms with Gasteiger partial charge in [-0.1, -0.05) is 6.92 Å². The lowest BCUT2D eigenvalue weighted by Gasteiger charge is -2.17. The molecule has 1 aromatic heterocycles. The van der Waals surface area contributed by atoms with Crippen LogP contribution in [-0.4, -0.2) is 22.5 Å².